The molecule has 158 valence electrons. The van der Waals surface area contributed by atoms with E-state index in [-0.39, 0.29) is 22.9 Å². The van der Waals surface area contributed by atoms with Crippen LogP contribution in [0.2, 0.25) is 0 Å². The molecule has 0 aliphatic rings. The van der Waals surface area contributed by atoms with Crippen molar-refractivity contribution in [3.8, 4) is 17.2 Å². The van der Waals surface area contributed by atoms with Gasteiger partial charge in [0, 0.05) is 23.9 Å². The number of nitro groups is 1. The van der Waals surface area contributed by atoms with Crippen molar-refractivity contribution >= 4 is 29.3 Å². The lowest BCUT2D eigenvalue weighted by Gasteiger charge is -2.10. The molecule has 0 radical (unpaired) electrons. The predicted molar refractivity (Wildman–Crippen MR) is 108 cm³/mol. The number of carbonyl (C=O) groups excluding carboxylic acids is 2. The highest BCUT2D eigenvalue weighted by Crippen LogP contribution is 2.32. The van der Waals surface area contributed by atoms with Crippen molar-refractivity contribution in [1.29, 1.82) is 0 Å². The number of phenols is 1. The van der Waals surface area contributed by atoms with E-state index in [0.29, 0.717) is 16.8 Å². The van der Waals surface area contributed by atoms with E-state index < -0.39 is 23.4 Å². The molecule has 10 nitrogen and oxygen atoms in total. The van der Waals surface area contributed by atoms with Crippen LogP contribution in [0.1, 0.15) is 11.1 Å². The Hall–Kier alpha value is -4.08. The average molecular weight is 416 g/mol. The average Bonchev–Trinajstić information content (AvgIpc) is 2.72. The highest BCUT2D eigenvalue weighted by Gasteiger charge is 2.18. The van der Waals surface area contributed by atoms with Gasteiger partial charge in [0.2, 0.25) is 0 Å². The summed E-state index contributed by atoms with van der Waals surface area (Å²) in [7, 11) is 2.68. The lowest BCUT2D eigenvalue weighted by atomic mass is 10.1. The highest BCUT2D eigenvalue weighted by atomic mass is 16.6. The Balaban J connectivity index is 1.96. The quantitative estimate of drug-likeness (QED) is 0.290. The lowest BCUT2D eigenvalue weighted by molar-refractivity contribution is -0.385. The van der Waals surface area contributed by atoms with Crippen molar-refractivity contribution < 1.29 is 33.8 Å². The Morgan fingerprint density at radius 3 is 2.50 bits per heavy atom. The molecule has 10 heteroatoms. The van der Waals surface area contributed by atoms with Crippen LogP contribution in [-0.2, 0) is 14.3 Å². The van der Waals surface area contributed by atoms with Crippen LogP contribution in [0.3, 0.4) is 0 Å². The number of nitrogens with one attached hydrogen (secondary N) is 1. The molecule has 30 heavy (non-hydrogen) atoms. The number of ether oxygens (including phenoxy) is 3. The van der Waals surface area contributed by atoms with Crippen molar-refractivity contribution in [3.63, 3.8) is 0 Å². The van der Waals surface area contributed by atoms with Crippen molar-refractivity contribution in [2.75, 3.05) is 26.1 Å². The maximum absolute atomic E-state index is 12.1. The summed E-state index contributed by atoms with van der Waals surface area (Å²) in [6.45, 7) is 1.03. The second kappa shape index (κ2) is 9.92. The van der Waals surface area contributed by atoms with E-state index in [1.807, 2.05) is 0 Å². The minimum atomic E-state index is -0.754. The van der Waals surface area contributed by atoms with E-state index in [9.17, 15) is 24.8 Å². The topological polar surface area (TPSA) is 137 Å². The minimum absolute atomic E-state index is 0.00912. The first kappa shape index (κ1) is 22.2. The van der Waals surface area contributed by atoms with Gasteiger partial charge in [0.1, 0.15) is 0 Å². The van der Waals surface area contributed by atoms with E-state index in [2.05, 4.69) is 5.32 Å². The smallest absolute Gasteiger partial charge is 0.331 e. The summed E-state index contributed by atoms with van der Waals surface area (Å²) in [5, 5.41) is 23.1. The zero-order chi connectivity index (χ0) is 22.3. The Morgan fingerprint density at radius 2 is 1.87 bits per heavy atom. The van der Waals surface area contributed by atoms with Crippen LogP contribution in [0.5, 0.6) is 17.2 Å². The molecule has 0 saturated heterocycles. The van der Waals surface area contributed by atoms with Crippen LogP contribution < -0.4 is 14.8 Å². The van der Waals surface area contributed by atoms with Crippen LogP contribution in [-0.4, -0.2) is 42.7 Å². The van der Waals surface area contributed by atoms with E-state index in [4.69, 9.17) is 14.2 Å². The second-order valence-electron chi connectivity index (χ2n) is 6.02. The van der Waals surface area contributed by atoms with Gasteiger partial charge in [0.15, 0.2) is 23.9 Å². The monoisotopic (exact) mass is 416 g/mol. The van der Waals surface area contributed by atoms with Crippen molar-refractivity contribution in [2.24, 2.45) is 0 Å². The number of phenolic OH excluding ortho intramolecular Hbond substituents is 1. The van der Waals surface area contributed by atoms with Crippen LogP contribution in [0.25, 0.3) is 6.08 Å². The van der Waals surface area contributed by atoms with E-state index in [1.54, 1.807) is 13.0 Å². The number of nitro benzene ring substituents is 1. The first-order valence-electron chi connectivity index (χ1n) is 8.60. The van der Waals surface area contributed by atoms with E-state index in [0.717, 1.165) is 6.08 Å². The third-order valence-corrected chi connectivity index (χ3v) is 3.96. The molecule has 0 aliphatic carbocycles. The Morgan fingerprint density at radius 1 is 1.17 bits per heavy atom. The van der Waals surface area contributed by atoms with Crippen LogP contribution in [0.15, 0.2) is 36.4 Å². The van der Waals surface area contributed by atoms with Gasteiger partial charge in [-0.1, -0.05) is 6.07 Å². The highest BCUT2D eigenvalue weighted by molar-refractivity contribution is 5.95. The summed E-state index contributed by atoms with van der Waals surface area (Å²) in [6, 6.07) is 7.11. The number of aromatic hydroxyl groups is 1. The zero-order valence-electron chi connectivity index (χ0n) is 16.5. The standard InChI is InChI=1S/C20H20N2O8/c1-12-8-15(22(26)27)17(28-2)10-14(12)21-19(24)11-30-20(25)7-5-13-4-6-16(23)18(9-13)29-3/h4-10,23H,11H2,1-3H3,(H,21,24). The van der Waals surface area contributed by atoms with Gasteiger partial charge < -0.3 is 24.6 Å². The molecule has 0 aliphatic heterocycles. The van der Waals surface area contributed by atoms with Gasteiger partial charge in [-0.05, 0) is 36.3 Å². The van der Waals surface area contributed by atoms with E-state index in [1.165, 1.54) is 44.6 Å². The van der Waals surface area contributed by atoms with Crippen molar-refractivity contribution in [2.45, 2.75) is 6.92 Å². The summed E-state index contributed by atoms with van der Waals surface area (Å²) < 4.78 is 14.8. The number of rotatable bonds is 8. The molecule has 0 bridgehead atoms. The van der Waals surface area contributed by atoms with Crippen LogP contribution in [0.4, 0.5) is 11.4 Å². The molecule has 0 spiro atoms. The molecular formula is C20H20N2O8. The molecule has 2 aromatic carbocycles. The first-order chi connectivity index (χ1) is 14.2. The maximum Gasteiger partial charge on any atom is 0.331 e. The molecule has 0 aromatic heterocycles. The summed E-state index contributed by atoms with van der Waals surface area (Å²) >= 11 is 0. The molecular weight excluding hydrogens is 396 g/mol. The molecule has 0 atom stereocenters. The summed E-state index contributed by atoms with van der Waals surface area (Å²) in [5.74, 6) is -1.17. The molecule has 0 unspecified atom stereocenters. The number of anilines is 1. The number of benzene rings is 2. The number of nitrogens with zero attached hydrogens (tertiary/aromatic N) is 1. The third kappa shape index (κ3) is 5.71. The van der Waals surface area contributed by atoms with Gasteiger partial charge in [-0.25, -0.2) is 4.79 Å². The number of aryl methyl sites for hydroxylation is 1. The first-order valence-corrected chi connectivity index (χ1v) is 8.60. The fourth-order valence-electron chi connectivity index (χ4n) is 2.45. The third-order valence-electron chi connectivity index (χ3n) is 3.96. The molecule has 2 aromatic rings. The largest absolute Gasteiger partial charge is 0.504 e. The Bertz CT molecular complexity index is 1000. The molecule has 0 fully saturated rings. The number of carbonyl (C=O) groups is 2. The second-order valence-corrected chi connectivity index (χ2v) is 6.02. The van der Waals surface area contributed by atoms with Crippen LogP contribution in [0, 0.1) is 17.0 Å². The number of methoxy groups -OCH3 is 2. The number of amides is 1. The van der Waals surface area contributed by atoms with Gasteiger partial charge in [0.25, 0.3) is 5.91 Å². The molecule has 0 saturated carbocycles. The molecule has 2 rings (SSSR count). The minimum Gasteiger partial charge on any atom is -0.504 e. The summed E-state index contributed by atoms with van der Waals surface area (Å²) in [6.07, 6.45) is 2.56. The molecule has 0 heterocycles. The maximum atomic E-state index is 12.1. The Kier molecular flexibility index (Phi) is 7.34. The normalized spacial score (nSPS) is 10.5. The van der Waals surface area contributed by atoms with Crippen molar-refractivity contribution in [1.82, 2.24) is 0 Å². The van der Waals surface area contributed by atoms with Gasteiger partial charge in [-0.3, -0.25) is 14.9 Å². The molecule has 1 amide bonds. The number of esters is 1. The van der Waals surface area contributed by atoms with E-state index >= 15 is 0 Å². The van der Waals surface area contributed by atoms with Crippen molar-refractivity contribution in [3.05, 3.63) is 57.6 Å². The summed E-state index contributed by atoms with van der Waals surface area (Å²) in [4.78, 5) is 34.3. The van der Waals surface area contributed by atoms with Gasteiger partial charge in [-0.15, -0.1) is 0 Å². The lowest BCUT2D eigenvalue weighted by Crippen LogP contribution is -2.20. The number of hydrogen-bond donors (Lipinski definition) is 2. The SMILES string of the molecule is COc1cc(C=CC(=O)OCC(=O)Nc2cc(OC)c([N+](=O)[O-])cc2C)ccc1O. The van der Waals surface area contributed by atoms with Gasteiger partial charge in [0.05, 0.1) is 19.1 Å². The molecule has 2 N–H and O–H groups in total. The summed E-state index contributed by atoms with van der Waals surface area (Å²) in [5.41, 5.74) is 1.10. The van der Waals surface area contributed by atoms with Crippen LogP contribution >= 0.6 is 0 Å². The zero-order valence-corrected chi connectivity index (χ0v) is 16.5. The Labute approximate surface area is 171 Å². The van der Waals surface area contributed by atoms with Gasteiger partial charge in [-0.2, -0.15) is 0 Å². The fraction of sp³-hybridized carbons (Fsp3) is 0.200. The number of hydrogen-bond acceptors (Lipinski definition) is 8. The van der Waals surface area contributed by atoms with Gasteiger partial charge >= 0.3 is 11.7 Å². The fourth-order valence-corrected chi connectivity index (χ4v) is 2.45. The predicted octanol–water partition coefficient (Wildman–Crippen LogP) is 2.82.